The number of hydrogen-bond acceptors (Lipinski definition) is 3. The molecule has 4 nitrogen and oxygen atoms in total. The van der Waals surface area contributed by atoms with Gasteiger partial charge in [-0.2, -0.15) is 0 Å². The molecule has 0 N–H and O–H groups in total. The third-order valence-corrected chi connectivity index (χ3v) is 5.57. The van der Waals surface area contributed by atoms with E-state index >= 15 is 0 Å². The Kier molecular flexibility index (Phi) is 2.91. The monoisotopic (exact) mass is 339 g/mol. The van der Waals surface area contributed by atoms with Crippen LogP contribution >= 0.6 is 22.9 Å². The van der Waals surface area contributed by atoms with Crippen LogP contribution < -0.4 is 2.52 Å². The Hall–Kier alpha value is -0.340. The number of benzene rings is 1. The van der Waals surface area contributed by atoms with Crippen molar-refractivity contribution in [2.75, 3.05) is 15.4 Å². The number of hydrogen-bond donors (Lipinski definition) is 0. The highest BCUT2D eigenvalue weighted by Gasteiger charge is 2.25. The topological polar surface area (TPSA) is 49.9 Å². The maximum Gasteiger partial charge on any atom is 0.240 e. The molecular formula is C9H10INO3S. The quantitative estimate of drug-likeness (QED) is 0.480. The minimum atomic E-state index is -3.20. The van der Waals surface area contributed by atoms with Gasteiger partial charge in [-0.05, 0) is 17.7 Å². The van der Waals surface area contributed by atoms with E-state index in [-0.39, 0.29) is 6.10 Å². The fourth-order valence-corrected chi connectivity index (χ4v) is 2.06. The number of halogens is 1. The van der Waals surface area contributed by atoms with Gasteiger partial charge in [0.05, 0.1) is 41.4 Å². The maximum absolute atomic E-state index is 11.3. The standard InChI is InChI=1S/C9H10INO3S/c1-15(12,13)11(10)8-4-2-3-7(5-8)9-6-14-9/h2-5,9H,6H2,1H3. The molecule has 1 aromatic rings. The Morgan fingerprint density at radius 1 is 1.53 bits per heavy atom. The largest absolute Gasteiger partial charge is 0.368 e. The molecule has 0 spiro atoms. The van der Waals surface area contributed by atoms with Gasteiger partial charge < -0.3 is 4.74 Å². The molecule has 0 amide bonds. The second-order valence-corrected chi connectivity index (χ2v) is 6.85. The molecular weight excluding hydrogens is 329 g/mol. The summed E-state index contributed by atoms with van der Waals surface area (Å²) in [6.45, 7) is 0.726. The van der Waals surface area contributed by atoms with E-state index in [1.54, 1.807) is 28.9 Å². The first-order valence-electron chi connectivity index (χ1n) is 4.36. The first kappa shape index (κ1) is 11.2. The van der Waals surface area contributed by atoms with Crippen molar-refractivity contribution in [1.82, 2.24) is 0 Å². The summed E-state index contributed by atoms with van der Waals surface area (Å²) in [5, 5.41) is 0. The number of ether oxygens (including phenoxy) is 1. The molecule has 15 heavy (non-hydrogen) atoms. The summed E-state index contributed by atoms with van der Waals surface area (Å²) in [7, 11) is -3.20. The fraction of sp³-hybridized carbons (Fsp3) is 0.333. The molecule has 1 fully saturated rings. The van der Waals surface area contributed by atoms with E-state index in [4.69, 9.17) is 4.74 Å². The molecule has 2 rings (SSSR count). The number of sulfonamides is 1. The lowest BCUT2D eigenvalue weighted by molar-refractivity contribution is 0.415. The molecule has 1 saturated heterocycles. The van der Waals surface area contributed by atoms with Crippen LogP contribution in [0.15, 0.2) is 24.3 Å². The molecule has 1 unspecified atom stereocenters. The van der Waals surface area contributed by atoms with Crippen molar-refractivity contribution < 1.29 is 13.2 Å². The van der Waals surface area contributed by atoms with E-state index in [0.29, 0.717) is 5.69 Å². The van der Waals surface area contributed by atoms with Crippen LogP contribution in [0.2, 0.25) is 0 Å². The second-order valence-electron chi connectivity index (χ2n) is 3.39. The van der Waals surface area contributed by atoms with Gasteiger partial charge in [-0.3, -0.25) is 0 Å². The lowest BCUT2D eigenvalue weighted by Gasteiger charge is -2.14. The summed E-state index contributed by atoms with van der Waals surface area (Å²) in [6, 6.07) is 7.38. The van der Waals surface area contributed by atoms with Crippen LogP contribution in [0.1, 0.15) is 11.7 Å². The molecule has 1 heterocycles. The summed E-state index contributed by atoms with van der Waals surface area (Å²) in [5.41, 5.74) is 1.68. The van der Waals surface area contributed by atoms with Gasteiger partial charge in [-0.25, -0.2) is 10.9 Å². The number of nitrogens with zero attached hydrogens (tertiary/aromatic N) is 1. The van der Waals surface area contributed by atoms with Crippen LogP contribution in [0.5, 0.6) is 0 Å². The first-order valence-corrected chi connectivity index (χ1v) is 7.17. The zero-order valence-electron chi connectivity index (χ0n) is 8.05. The zero-order valence-corrected chi connectivity index (χ0v) is 11.0. The van der Waals surface area contributed by atoms with E-state index in [0.717, 1.165) is 12.2 Å². The van der Waals surface area contributed by atoms with Crippen LogP contribution in [0.3, 0.4) is 0 Å². The number of anilines is 1. The van der Waals surface area contributed by atoms with Crippen molar-refractivity contribution in [3.8, 4) is 0 Å². The SMILES string of the molecule is CS(=O)(=O)N(I)c1cccc(C2CO2)c1. The Labute approximate surface area is 103 Å². The molecule has 1 aliphatic rings. The normalized spacial score (nSPS) is 20.0. The van der Waals surface area contributed by atoms with Crippen molar-refractivity contribution in [3.63, 3.8) is 0 Å². The van der Waals surface area contributed by atoms with Gasteiger partial charge in [-0.15, -0.1) is 0 Å². The third-order valence-electron chi connectivity index (χ3n) is 2.07. The molecule has 0 aromatic heterocycles. The van der Waals surface area contributed by atoms with Gasteiger partial charge in [0.25, 0.3) is 0 Å². The molecule has 1 atom stereocenters. The second kappa shape index (κ2) is 3.91. The zero-order chi connectivity index (χ0) is 11.1. The van der Waals surface area contributed by atoms with Gasteiger partial charge in [0, 0.05) is 0 Å². The Bertz CT molecular complexity index is 470. The third kappa shape index (κ3) is 2.61. The molecule has 1 aromatic carbocycles. The summed E-state index contributed by atoms with van der Waals surface area (Å²) < 4.78 is 29.0. The first-order chi connectivity index (χ1) is 6.98. The molecule has 0 radical (unpaired) electrons. The number of epoxide rings is 1. The Balaban J connectivity index is 2.32. The Morgan fingerprint density at radius 2 is 2.20 bits per heavy atom. The fourth-order valence-electron chi connectivity index (χ4n) is 1.27. The van der Waals surface area contributed by atoms with Crippen molar-refractivity contribution >= 4 is 38.6 Å². The average Bonchev–Trinajstić information content (AvgIpc) is 2.98. The van der Waals surface area contributed by atoms with Gasteiger partial charge in [0.15, 0.2) is 0 Å². The summed E-state index contributed by atoms with van der Waals surface area (Å²) in [6.07, 6.45) is 1.33. The van der Waals surface area contributed by atoms with Crippen molar-refractivity contribution in [2.24, 2.45) is 0 Å². The number of rotatable bonds is 3. The van der Waals surface area contributed by atoms with Gasteiger partial charge >= 0.3 is 0 Å². The minimum Gasteiger partial charge on any atom is -0.368 e. The van der Waals surface area contributed by atoms with Crippen LogP contribution in [0, 0.1) is 0 Å². The van der Waals surface area contributed by atoms with E-state index in [2.05, 4.69) is 0 Å². The van der Waals surface area contributed by atoms with Crippen LogP contribution in [0.4, 0.5) is 5.69 Å². The lowest BCUT2D eigenvalue weighted by atomic mass is 10.1. The van der Waals surface area contributed by atoms with Crippen molar-refractivity contribution in [1.29, 1.82) is 0 Å². The van der Waals surface area contributed by atoms with Crippen molar-refractivity contribution in [2.45, 2.75) is 6.10 Å². The predicted octanol–water partition coefficient (Wildman–Crippen LogP) is 1.87. The molecule has 0 saturated carbocycles. The van der Waals surface area contributed by atoms with E-state index in [1.807, 2.05) is 18.2 Å². The highest BCUT2D eigenvalue weighted by atomic mass is 127. The minimum absolute atomic E-state index is 0.148. The molecule has 1 aliphatic heterocycles. The van der Waals surface area contributed by atoms with Crippen LogP contribution in [0.25, 0.3) is 0 Å². The molecule has 6 heteroatoms. The van der Waals surface area contributed by atoms with Gasteiger partial charge in [-0.1, -0.05) is 12.1 Å². The van der Waals surface area contributed by atoms with Crippen molar-refractivity contribution in [3.05, 3.63) is 29.8 Å². The van der Waals surface area contributed by atoms with Gasteiger partial charge in [0.1, 0.15) is 6.10 Å². The Morgan fingerprint density at radius 3 is 2.73 bits per heavy atom. The summed E-state index contributed by atoms with van der Waals surface area (Å²) in [4.78, 5) is 0. The predicted molar refractivity (Wildman–Crippen MR) is 66.5 cm³/mol. The maximum atomic E-state index is 11.3. The van der Waals surface area contributed by atoms with Crippen LogP contribution in [-0.4, -0.2) is 21.3 Å². The molecule has 0 aliphatic carbocycles. The highest BCUT2D eigenvalue weighted by molar-refractivity contribution is 14.1. The summed E-state index contributed by atoms with van der Waals surface area (Å²) >= 11 is 1.78. The molecule has 0 bridgehead atoms. The summed E-state index contributed by atoms with van der Waals surface area (Å²) in [5.74, 6) is 0. The van der Waals surface area contributed by atoms with E-state index < -0.39 is 10.0 Å². The molecule has 82 valence electrons. The van der Waals surface area contributed by atoms with E-state index in [1.165, 1.54) is 8.77 Å². The smallest absolute Gasteiger partial charge is 0.240 e. The van der Waals surface area contributed by atoms with Gasteiger partial charge in [0.2, 0.25) is 10.0 Å². The van der Waals surface area contributed by atoms with E-state index in [9.17, 15) is 8.42 Å². The highest BCUT2D eigenvalue weighted by Crippen LogP contribution is 2.33. The van der Waals surface area contributed by atoms with Crippen LogP contribution in [-0.2, 0) is 14.8 Å². The lowest BCUT2D eigenvalue weighted by Crippen LogP contribution is -2.18. The average molecular weight is 339 g/mol.